The number of hydrogen-bond acceptors (Lipinski definition) is 4. The number of ether oxygens (including phenoxy) is 1. The molecule has 1 aliphatic rings. The second-order valence-corrected chi connectivity index (χ2v) is 6.96. The largest absolute Gasteiger partial charge is 0.495 e. The molecule has 0 aliphatic carbocycles. The van der Waals surface area contributed by atoms with E-state index < -0.39 is 0 Å². The van der Waals surface area contributed by atoms with Crippen molar-refractivity contribution in [1.82, 2.24) is 10.2 Å². The van der Waals surface area contributed by atoms with E-state index in [1.54, 1.807) is 30.2 Å². The maximum absolute atomic E-state index is 12.8. The Morgan fingerprint density at radius 3 is 2.86 bits per heavy atom. The number of fused-ring (bicyclic) bond motifs is 1. The summed E-state index contributed by atoms with van der Waals surface area (Å²) in [6.45, 7) is 2.62. The van der Waals surface area contributed by atoms with Crippen molar-refractivity contribution in [3.05, 3.63) is 47.7 Å². The number of aromatic nitrogens is 2. The fourth-order valence-electron chi connectivity index (χ4n) is 3.53. The number of aryl methyl sites for hydroxylation is 1. The number of methoxy groups -OCH3 is 1. The molecule has 2 amide bonds. The number of anilines is 2. The maximum Gasteiger partial charge on any atom is 0.276 e. The van der Waals surface area contributed by atoms with Crippen LogP contribution in [0.2, 0.25) is 0 Å². The monoisotopic (exact) mass is 378 g/mol. The summed E-state index contributed by atoms with van der Waals surface area (Å²) in [5.74, 6) is 0.369. The normalized spacial score (nSPS) is 14.4. The first-order valence-corrected chi connectivity index (χ1v) is 9.31. The molecule has 0 bridgehead atoms. The van der Waals surface area contributed by atoms with Gasteiger partial charge < -0.3 is 15.0 Å². The third-order valence-corrected chi connectivity index (χ3v) is 4.98. The fraction of sp³-hybridized carbons (Fsp3) is 0.286. The molecule has 144 valence electrons. The minimum absolute atomic E-state index is 0.0711. The van der Waals surface area contributed by atoms with Crippen molar-refractivity contribution in [2.75, 3.05) is 23.9 Å². The predicted molar refractivity (Wildman–Crippen MR) is 108 cm³/mol. The van der Waals surface area contributed by atoms with Gasteiger partial charge in [0, 0.05) is 24.0 Å². The topological polar surface area (TPSA) is 87.3 Å². The number of aromatic amines is 1. The van der Waals surface area contributed by atoms with Crippen LogP contribution in [0.1, 0.15) is 35.3 Å². The molecule has 0 radical (unpaired) electrons. The Kier molecular flexibility index (Phi) is 4.73. The Labute approximate surface area is 162 Å². The van der Waals surface area contributed by atoms with Crippen LogP contribution in [0, 0.1) is 6.92 Å². The first-order valence-electron chi connectivity index (χ1n) is 9.31. The number of nitrogens with zero attached hydrogens (tertiary/aromatic N) is 2. The molecule has 28 heavy (non-hydrogen) atoms. The molecule has 0 spiro atoms. The van der Waals surface area contributed by atoms with Crippen LogP contribution < -0.4 is 15.0 Å². The smallest absolute Gasteiger partial charge is 0.276 e. The zero-order valence-corrected chi connectivity index (χ0v) is 15.9. The molecule has 3 aromatic rings. The van der Waals surface area contributed by atoms with Gasteiger partial charge in [-0.1, -0.05) is 11.6 Å². The summed E-state index contributed by atoms with van der Waals surface area (Å²) < 4.78 is 5.43. The van der Waals surface area contributed by atoms with E-state index in [4.69, 9.17) is 4.74 Å². The van der Waals surface area contributed by atoms with Crippen LogP contribution in [0.25, 0.3) is 10.9 Å². The highest BCUT2D eigenvalue weighted by Crippen LogP contribution is 2.34. The lowest BCUT2D eigenvalue weighted by atomic mass is 10.1. The molecular formula is C21H22N4O3. The van der Waals surface area contributed by atoms with Gasteiger partial charge in [0.2, 0.25) is 5.91 Å². The van der Waals surface area contributed by atoms with Gasteiger partial charge >= 0.3 is 0 Å². The first kappa shape index (κ1) is 18.0. The fourth-order valence-corrected chi connectivity index (χ4v) is 3.53. The minimum Gasteiger partial charge on any atom is -0.495 e. The van der Waals surface area contributed by atoms with Gasteiger partial charge in [0.15, 0.2) is 5.69 Å². The number of carbonyl (C=O) groups excluding carboxylic acids is 2. The number of carbonyl (C=O) groups is 2. The summed E-state index contributed by atoms with van der Waals surface area (Å²) in [4.78, 5) is 26.9. The zero-order chi connectivity index (χ0) is 19.7. The van der Waals surface area contributed by atoms with E-state index >= 15 is 0 Å². The Bertz CT molecular complexity index is 1060. The first-order chi connectivity index (χ1) is 13.6. The van der Waals surface area contributed by atoms with E-state index in [1.165, 1.54) is 0 Å². The lowest BCUT2D eigenvalue weighted by molar-refractivity contribution is -0.119. The molecule has 2 heterocycles. The molecule has 1 saturated heterocycles. The molecule has 1 aliphatic heterocycles. The average Bonchev–Trinajstić information content (AvgIpc) is 3.11. The standard InChI is InChI=1S/C21H22N4O3/c1-13-6-8-16-15(11-13)20(24-23-16)21(27)22-14-7-9-18(28-2)17(12-14)25-10-4-3-5-19(25)26/h6-9,11-12H,3-5,10H2,1-2H3,(H,22,27)(H,23,24). The second-order valence-electron chi connectivity index (χ2n) is 6.96. The van der Waals surface area contributed by atoms with Crippen LogP contribution in [-0.2, 0) is 4.79 Å². The number of H-pyrrole nitrogens is 1. The van der Waals surface area contributed by atoms with Crippen LogP contribution in [0.3, 0.4) is 0 Å². The van der Waals surface area contributed by atoms with Crippen molar-refractivity contribution in [2.24, 2.45) is 0 Å². The SMILES string of the molecule is COc1ccc(NC(=O)c2n[nH]c3ccc(C)cc23)cc1N1CCCCC1=O. The maximum atomic E-state index is 12.8. The lowest BCUT2D eigenvalue weighted by Crippen LogP contribution is -2.35. The van der Waals surface area contributed by atoms with Crippen molar-refractivity contribution in [3.63, 3.8) is 0 Å². The van der Waals surface area contributed by atoms with Crippen molar-refractivity contribution in [2.45, 2.75) is 26.2 Å². The molecule has 7 nitrogen and oxygen atoms in total. The molecule has 0 atom stereocenters. The minimum atomic E-state index is -0.307. The second kappa shape index (κ2) is 7.34. The Balaban J connectivity index is 1.64. The molecule has 0 unspecified atom stereocenters. The quantitative estimate of drug-likeness (QED) is 0.725. The molecule has 7 heteroatoms. The van der Waals surface area contributed by atoms with Gasteiger partial charge in [-0.15, -0.1) is 0 Å². The van der Waals surface area contributed by atoms with Crippen LogP contribution in [-0.4, -0.2) is 35.7 Å². The number of amides is 2. The molecule has 2 aromatic carbocycles. The Morgan fingerprint density at radius 2 is 2.07 bits per heavy atom. The van der Waals surface area contributed by atoms with Crippen molar-refractivity contribution < 1.29 is 14.3 Å². The van der Waals surface area contributed by atoms with Gasteiger partial charge in [0.1, 0.15) is 5.75 Å². The van der Waals surface area contributed by atoms with Gasteiger partial charge in [0.25, 0.3) is 5.91 Å². The number of rotatable bonds is 4. The van der Waals surface area contributed by atoms with E-state index in [0.29, 0.717) is 35.8 Å². The summed E-state index contributed by atoms with van der Waals surface area (Å²) in [7, 11) is 1.57. The van der Waals surface area contributed by atoms with Crippen molar-refractivity contribution in [3.8, 4) is 5.75 Å². The lowest BCUT2D eigenvalue weighted by Gasteiger charge is -2.28. The summed E-state index contributed by atoms with van der Waals surface area (Å²) in [5, 5.41) is 10.7. The molecule has 1 fully saturated rings. The van der Waals surface area contributed by atoms with Gasteiger partial charge in [0.05, 0.1) is 18.3 Å². The van der Waals surface area contributed by atoms with Crippen LogP contribution in [0.15, 0.2) is 36.4 Å². The van der Waals surface area contributed by atoms with E-state index in [-0.39, 0.29) is 11.8 Å². The number of benzene rings is 2. The summed E-state index contributed by atoms with van der Waals surface area (Å²) in [6.07, 6.45) is 2.38. The summed E-state index contributed by atoms with van der Waals surface area (Å²) >= 11 is 0. The highest BCUT2D eigenvalue weighted by Gasteiger charge is 2.23. The van der Waals surface area contributed by atoms with E-state index in [1.807, 2.05) is 25.1 Å². The number of nitrogens with one attached hydrogen (secondary N) is 2. The highest BCUT2D eigenvalue weighted by molar-refractivity contribution is 6.11. The molecule has 4 rings (SSSR count). The molecule has 0 saturated carbocycles. The molecule has 1 aromatic heterocycles. The van der Waals surface area contributed by atoms with Gasteiger partial charge in [-0.3, -0.25) is 14.7 Å². The van der Waals surface area contributed by atoms with Crippen molar-refractivity contribution in [1.29, 1.82) is 0 Å². The Hall–Kier alpha value is -3.35. The Morgan fingerprint density at radius 1 is 1.21 bits per heavy atom. The van der Waals surface area contributed by atoms with Gasteiger partial charge in [-0.05, 0) is 50.1 Å². The number of hydrogen-bond donors (Lipinski definition) is 2. The van der Waals surface area contributed by atoms with E-state index in [9.17, 15) is 9.59 Å². The van der Waals surface area contributed by atoms with E-state index in [2.05, 4.69) is 15.5 Å². The third-order valence-electron chi connectivity index (χ3n) is 4.98. The van der Waals surface area contributed by atoms with E-state index in [0.717, 1.165) is 29.3 Å². The van der Waals surface area contributed by atoms with Gasteiger partial charge in [-0.25, -0.2) is 0 Å². The van der Waals surface area contributed by atoms with Crippen LogP contribution in [0.4, 0.5) is 11.4 Å². The van der Waals surface area contributed by atoms with Crippen LogP contribution >= 0.6 is 0 Å². The highest BCUT2D eigenvalue weighted by atomic mass is 16.5. The van der Waals surface area contributed by atoms with Crippen molar-refractivity contribution >= 4 is 34.1 Å². The van der Waals surface area contributed by atoms with Gasteiger partial charge in [-0.2, -0.15) is 5.10 Å². The summed E-state index contributed by atoms with van der Waals surface area (Å²) in [5.41, 5.74) is 3.46. The average molecular weight is 378 g/mol. The molecular weight excluding hydrogens is 356 g/mol. The summed E-state index contributed by atoms with van der Waals surface area (Å²) in [6, 6.07) is 11.1. The number of piperidine rings is 1. The zero-order valence-electron chi connectivity index (χ0n) is 15.9. The molecule has 2 N–H and O–H groups in total. The van der Waals surface area contributed by atoms with Crippen LogP contribution in [0.5, 0.6) is 5.75 Å². The predicted octanol–water partition coefficient (Wildman–Crippen LogP) is 3.65. The third kappa shape index (κ3) is 3.31.